The quantitative estimate of drug-likeness (QED) is 0.875. The second-order valence-corrected chi connectivity index (χ2v) is 8.26. The van der Waals surface area contributed by atoms with Crippen molar-refractivity contribution in [2.45, 2.75) is 45.7 Å². The number of carboxylic acid groups (broad SMARTS) is 1. The lowest BCUT2D eigenvalue weighted by atomic mass is 9.82. The fourth-order valence-corrected chi connectivity index (χ4v) is 4.44. The van der Waals surface area contributed by atoms with Crippen LogP contribution in [0.2, 0.25) is 0 Å². The fourth-order valence-electron chi connectivity index (χ4n) is 4.44. The van der Waals surface area contributed by atoms with E-state index >= 15 is 0 Å². The van der Waals surface area contributed by atoms with Crippen LogP contribution < -0.4 is 4.90 Å². The SMILES string of the molecule is CC1Cc2ccccc2N1Cc1occc1C(=O)N1CCCC(C)(C(=O)O)C1. The van der Waals surface area contributed by atoms with Crippen LogP contribution in [0.4, 0.5) is 5.69 Å². The second kappa shape index (κ2) is 7.00. The molecule has 2 unspecified atom stereocenters. The average Bonchev–Trinajstić information content (AvgIpc) is 3.26. The van der Waals surface area contributed by atoms with E-state index in [0.717, 1.165) is 6.42 Å². The van der Waals surface area contributed by atoms with Crippen molar-refractivity contribution in [3.05, 3.63) is 53.5 Å². The van der Waals surface area contributed by atoms with Gasteiger partial charge in [0.1, 0.15) is 5.76 Å². The van der Waals surface area contributed by atoms with Crippen LogP contribution in [0, 0.1) is 5.41 Å². The highest BCUT2D eigenvalue weighted by Gasteiger charge is 2.40. The van der Waals surface area contributed by atoms with E-state index in [0.29, 0.717) is 43.3 Å². The van der Waals surface area contributed by atoms with Crippen LogP contribution in [-0.2, 0) is 17.8 Å². The van der Waals surface area contributed by atoms with Gasteiger partial charge in [0.05, 0.1) is 23.8 Å². The smallest absolute Gasteiger partial charge is 0.311 e. The number of para-hydroxylation sites is 1. The summed E-state index contributed by atoms with van der Waals surface area (Å²) >= 11 is 0. The van der Waals surface area contributed by atoms with Crippen molar-refractivity contribution in [1.29, 1.82) is 0 Å². The zero-order valence-electron chi connectivity index (χ0n) is 16.4. The summed E-state index contributed by atoms with van der Waals surface area (Å²) in [6.07, 6.45) is 3.81. The number of hydrogen-bond acceptors (Lipinski definition) is 4. The molecule has 2 aliphatic heterocycles. The van der Waals surface area contributed by atoms with Gasteiger partial charge in [0.15, 0.2) is 0 Å². The van der Waals surface area contributed by atoms with Crippen molar-refractivity contribution < 1.29 is 19.1 Å². The summed E-state index contributed by atoms with van der Waals surface area (Å²) in [5, 5.41) is 9.53. The highest BCUT2D eigenvalue weighted by molar-refractivity contribution is 5.95. The maximum atomic E-state index is 13.1. The van der Waals surface area contributed by atoms with E-state index in [4.69, 9.17) is 4.42 Å². The summed E-state index contributed by atoms with van der Waals surface area (Å²) in [5.74, 6) is -0.355. The minimum atomic E-state index is -0.889. The summed E-state index contributed by atoms with van der Waals surface area (Å²) in [4.78, 5) is 28.7. The van der Waals surface area contributed by atoms with E-state index in [-0.39, 0.29) is 12.5 Å². The molecule has 0 saturated carbocycles. The molecule has 0 bridgehead atoms. The van der Waals surface area contributed by atoms with Crippen molar-refractivity contribution in [2.24, 2.45) is 5.41 Å². The van der Waals surface area contributed by atoms with E-state index in [9.17, 15) is 14.7 Å². The molecule has 4 rings (SSSR count). The van der Waals surface area contributed by atoms with Gasteiger partial charge in [0.2, 0.25) is 0 Å². The van der Waals surface area contributed by atoms with E-state index in [2.05, 4.69) is 24.0 Å². The summed E-state index contributed by atoms with van der Waals surface area (Å²) in [5.41, 5.74) is 2.13. The Kier molecular flexibility index (Phi) is 4.65. The molecule has 1 amide bonds. The third-order valence-electron chi connectivity index (χ3n) is 6.14. The van der Waals surface area contributed by atoms with Gasteiger partial charge in [0.25, 0.3) is 5.91 Å². The molecule has 6 heteroatoms. The number of carbonyl (C=O) groups is 2. The lowest BCUT2D eigenvalue weighted by molar-refractivity contribution is -0.150. The van der Waals surface area contributed by atoms with Gasteiger partial charge in [-0.15, -0.1) is 0 Å². The Morgan fingerprint density at radius 1 is 1.29 bits per heavy atom. The molecule has 0 radical (unpaired) electrons. The van der Waals surface area contributed by atoms with Gasteiger partial charge in [-0.25, -0.2) is 0 Å². The molecule has 2 aliphatic rings. The van der Waals surface area contributed by atoms with Gasteiger partial charge in [-0.2, -0.15) is 0 Å². The number of carbonyl (C=O) groups excluding carboxylic acids is 1. The molecule has 28 heavy (non-hydrogen) atoms. The molecule has 2 atom stereocenters. The number of hydrogen-bond donors (Lipinski definition) is 1. The number of likely N-dealkylation sites (tertiary alicyclic amines) is 1. The number of benzene rings is 1. The molecule has 0 aliphatic carbocycles. The summed E-state index contributed by atoms with van der Waals surface area (Å²) < 4.78 is 5.70. The van der Waals surface area contributed by atoms with Crippen LogP contribution >= 0.6 is 0 Å². The Hall–Kier alpha value is -2.76. The maximum absolute atomic E-state index is 13.1. The van der Waals surface area contributed by atoms with Crippen molar-refractivity contribution in [2.75, 3.05) is 18.0 Å². The maximum Gasteiger partial charge on any atom is 0.311 e. The van der Waals surface area contributed by atoms with E-state index < -0.39 is 11.4 Å². The lowest BCUT2D eigenvalue weighted by Gasteiger charge is -2.37. The van der Waals surface area contributed by atoms with Crippen LogP contribution in [0.3, 0.4) is 0 Å². The first-order valence-corrected chi connectivity index (χ1v) is 9.82. The number of furan rings is 1. The number of fused-ring (bicyclic) bond motifs is 1. The molecule has 1 aromatic carbocycles. The van der Waals surface area contributed by atoms with Crippen molar-refractivity contribution in [1.82, 2.24) is 4.90 Å². The lowest BCUT2D eigenvalue weighted by Crippen LogP contribution is -2.48. The summed E-state index contributed by atoms with van der Waals surface area (Å²) in [7, 11) is 0. The van der Waals surface area contributed by atoms with Crippen LogP contribution in [0.1, 0.15) is 48.4 Å². The number of amides is 1. The van der Waals surface area contributed by atoms with Gasteiger partial charge in [0, 0.05) is 24.8 Å². The highest BCUT2D eigenvalue weighted by Crippen LogP contribution is 2.35. The van der Waals surface area contributed by atoms with E-state index in [1.165, 1.54) is 11.3 Å². The van der Waals surface area contributed by atoms with Crippen molar-refractivity contribution >= 4 is 17.6 Å². The van der Waals surface area contributed by atoms with Gasteiger partial charge in [-0.1, -0.05) is 18.2 Å². The van der Waals surface area contributed by atoms with Crippen LogP contribution in [0.25, 0.3) is 0 Å². The predicted octanol–water partition coefficient (Wildman–Crippen LogP) is 3.56. The highest BCUT2D eigenvalue weighted by atomic mass is 16.4. The standard InChI is InChI=1S/C22H26N2O4/c1-15-12-16-6-3-4-7-18(16)24(15)13-19-17(8-11-28-19)20(25)23-10-5-9-22(2,14-23)21(26)27/h3-4,6-8,11,15H,5,9-10,12-14H2,1-2H3,(H,26,27). The minimum absolute atomic E-state index is 0.143. The number of anilines is 1. The monoisotopic (exact) mass is 382 g/mol. The first kappa shape index (κ1) is 18.6. The van der Waals surface area contributed by atoms with Gasteiger partial charge in [-0.05, 0) is 50.8 Å². The molecule has 0 spiro atoms. The third kappa shape index (κ3) is 3.17. The number of nitrogens with zero attached hydrogens (tertiary/aromatic N) is 2. The Morgan fingerprint density at radius 3 is 2.86 bits per heavy atom. The molecule has 2 aromatic rings. The van der Waals surface area contributed by atoms with Crippen molar-refractivity contribution in [3.63, 3.8) is 0 Å². The second-order valence-electron chi connectivity index (χ2n) is 8.26. The van der Waals surface area contributed by atoms with E-state index in [1.54, 1.807) is 24.2 Å². The first-order valence-electron chi connectivity index (χ1n) is 9.82. The number of rotatable bonds is 4. The molecule has 1 N–H and O–H groups in total. The Balaban J connectivity index is 1.55. The van der Waals surface area contributed by atoms with Gasteiger partial charge < -0.3 is 19.3 Å². The largest absolute Gasteiger partial charge is 0.481 e. The average molecular weight is 382 g/mol. The summed E-state index contributed by atoms with van der Waals surface area (Å²) in [6.45, 7) is 5.22. The zero-order valence-corrected chi connectivity index (χ0v) is 16.4. The topological polar surface area (TPSA) is 74.0 Å². The molecular formula is C22H26N2O4. The molecule has 1 fully saturated rings. The number of carboxylic acids is 1. The molecule has 6 nitrogen and oxygen atoms in total. The Morgan fingerprint density at radius 2 is 2.07 bits per heavy atom. The first-order chi connectivity index (χ1) is 13.4. The summed E-state index contributed by atoms with van der Waals surface area (Å²) in [6, 6.07) is 10.4. The fraction of sp³-hybridized carbons (Fsp3) is 0.455. The molecule has 1 aromatic heterocycles. The van der Waals surface area contributed by atoms with Crippen LogP contribution in [-0.4, -0.2) is 41.0 Å². The van der Waals surface area contributed by atoms with Crippen LogP contribution in [0.15, 0.2) is 41.0 Å². The molecule has 3 heterocycles. The third-order valence-corrected chi connectivity index (χ3v) is 6.14. The van der Waals surface area contributed by atoms with Gasteiger partial charge >= 0.3 is 5.97 Å². The molecule has 1 saturated heterocycles. The van der Waals surface area contributed by atoms with Crippen LogP contribution in [0.5, 0.6) is 0 Å². The Labute approximate surface area is 164 Å². The van der Waals surface area contributed by atoms with E-state index in [1.807, 2.05) is 12.1 Å². The predicted molar refractivity (Wildman–Crippen MR) is 105 cm³/mol. The Bertz CT molecular complexity index is 905. The van der Waals surface area contributed by atoms with Crippen molar-refractivity contribution in [3.8, 4) is 0 Å². The minimum Gasteiger partial charge on any atom is -0.481 e. The zero-order chi connectivity index (χ0) is 19.9. The number of aliphatic carboxylic acids is 1. The molecular weight excluding hydrogens is 356 g/mol. The normalized spacial score (nSPS) is 24.3. The van der Waals surface area contributed by atoms with Gasteiger partial charge in [-0.3, -0.25) is 9.59 Å². The molecule has 148 valence electrons. The number of piperidine rings is 1.